The van der Waals surface area contributed by atoms with Crippen LogP contribution in [-0.4, -0.2) is 21.8 Å². The average molecular weight is 404 g/mol. The molecule has 2 aromatic carbocycles. The molecule has 1 aliphatic rings. The van der Waals surface area contributed by atoms with Gasteiger partial charge in [0, 0.05) is 23.4 Å². The normalized spacial score (nSPS) is 14.1. The van der Waals surface area contributed by atoms with Crippen molar-refractivity contribution in [2.75, 3.05) is 0 Å². The number of para-hydroxylation sites is 1. The fourth-order valence-corrected chi connectivity index (χ4v) is 4.05. The van der Waals surface area contributed by atoms with Gasteiger partial charge >= 0.3 is 0 Å². The van der Waals surface area contributed by atoms with E-state index in [1.165, 1.54) is 12.8 Å². The predicted molar refractivity (Wildman–Crippen MR) is 118 cm³/mol. The lowest BCUT2D eigenvalue weighted by Gasteiger charge is -2.17. The van der Waals surface area contributed by atoms with Crippen molar-refractivity contribution < 1.29 is 9.53 Å². The molecule has 1 N–H and O–H groups in total. The lowest BCUT2D eigenvalue weighted by atomic mass is 10.1. The topological polar surface area (TPSA) is 56.2 Å². The van der Waals surface area contributed by atoms with E-state index in [1.54, 1.807) is 0 Å². The van der Waals surface area contributed by atoms with Crippen LogP contribution in [0.1, 0.15) is 58.6 Å². The van der Waals surface area contributed by atoms with Crippen LogP contribution in [0.5, 0.6) is 5.75 Å². The number of rotatable bonds is 7. The number of hydrogen-bond donors (Lipinski definition) is 1. The van der Waals surface area contributed by atoms with Crippen LogP contribution in [0, 0.1) is 13.8 Å². The van der Waals surface area contributed by atoms with Crippen molar-refractivity contribution in [2.45, 2.75) is 58.7 Å². The third-order valence-corrected chi connectivity index (χ3v) is 5.63. The Kier molecular flexibility index (Phi) is 6.17. The molecule has 0 unspecified atom stereocenters. The van der Waals surface area contributed by atoms with Gasteiger partial charge in [-0.25, -0.2) is 0 Å². The Morgan fingerprint density at radius 3 is 2.67 bits per heavy atom. The maximum Gasteiger partial charge on any atom is 0.251 e. The number of carbonyl (C=O) groups excluding carboxylic acids is 1. The van der Waals surface area contributed by atoms with E-state index in [1.807, 2.05) is 67.1 Å². The van der Waals surface area contributed by atoms with E-state index >= 15 is 0 Å². The Labute approximate surface area is 178 Å². The minimum absolute atomic E-state index is 0.0825. The van der Waals surface area contributed by atoms with Gasteiger partial charge < -0.3 is 10.1 Å². The number of nitrogens with zero attached hydrogens (tertiary/aromatic N) is 2. The molecule has 156 valence electrons. The van der Waals surface area contributed by atoms with E-state index in [9.17, 15) is 4.79 Å². The van der Waals surface area contributed by atoms with Crippen LogP contribution in [0.25, 0.3) is 0 Å². The van der Waals surface area contributed by atoms with E-state index in [4.69, 9.17) is 4.74 Å². The number of amides is 1. The van der Waals surface area contributed by atoms with E-state index in [2.05, 4.69) is 16.5 Å². The first-order valence-corrected chi connectivity index (χ1v) is 10.7. The largest absolute Gasteiger partial charge is 0.490 e. The van der Waals surface area contributed by atoms with Crippen LogP contribution >= 0.6 is 0 Å². The van der Waals surface area contributed by atoms with Crippen molar-refractivity contribution in [2.24, 2.45) is 0 Å². The van der Waals surface area contributed by atoms with E-state index < -0.39 is 0 Å². The van der Waals surface area contributed by atoms with Gasteiger partial charge in [0.25, 0.3) is 5.91 Å². The molecule has 0 saturated heterocycles. The first-order chi connectivity index (χ1) is 14.6. The summed E-state index contributed by atoms with van der Waals surface area (Å²) in [6.45, 7) is 5.13. The van der Waals surface area contributed by atoms with E-state index in [-0.39, 0.29) is 5.91 Å². The molecule has 1 fully saturated rings. The van der Waals surface area contributed by atoms with Gasteiger partial charge in [-0.3, -0.25) is 9.48 Å². The lowest BCUT2D eigenvalue weighted by Crippen LogP contribution is -2.23. The molecule has 0 aliphatic heterocycles. The zero-order valence-electron chi connectivity index (χ0n) is 17.7. The minimum Gasteiger partial charge on any atom is -0.490 e. The number of carbonyl (C=O) groups is 1. The van der Waals surface area contributed by atoms with Gasteiger partial charge in [0.05, 0.1) is 18.3 Å². The van der Waals surface area contributed by atoms with Crippen LogP contribution in [0.3, 0.4) is 0 Å². The summed E-state index contributed by atoms with van der Waals surface area (Å²) in [5.41, 5.74) is 4.83. The van der Waals surface area contributed by atoms with Gasteiger partial charge in [-0.1, -0.05) is 30.3 Å². The SMILES string of the molecule is Cc1cc(C)n(Cc2cccc(C(=O)NCc3ccccc3OC3CCCC3)c2)n1. The second kappa shape index (κ2) is 9.16. The molecule has 5 heteroatoms. The molecule has 0 atom stereocenters. The monoisotopic (exact) mass is 403 g/mol. The quantitative estimate of drug-likeness (QED) is 0.616. The molecule has 1 aromatic heterocycles. The Balaban J connectivity index is 1.40. The van der Waals surface area contributed by atoms with E-state index in [0.29, 0.717) is 24.8 Å². The highest BCUT2D eigenvalue weighted by Gasteiger charge is 2.18. The summed E-state index contributed by atoms with van der Waals surface area (Å²) in [6.07, 6.45) is 4.99. The van der Waals surface area contributed by atoms with Crippen LogP contribution in [0.4, 0.5) is 0 Å². The molecule has 1 aliphatic carbocycles. The summed E-state index contributed by atoms with van der Waals surface area (Å²) in [5.74, 6) is 0.795. The van der Waals surface area contributed by atoms with Crippen LogP contribution in [0.15, 0.2) is 54.6 Å². The molecule has 1 heterocycles. The molecule has 0 radical (unpaired) electrons. The van der Waals surface area contributed by atoms with Crippen molar-refractivity contribution in [3.8, 4) is 5.75 Å². The predicted octanol–water partition coefficient (Wildman–Crippen LogP) is 4.80. The fourth-order valence-electron chi connectivity index (χ4n) is 4.05. The van der Waals surface area contributed by atoms with Crippen molar-refractivity contribution >= 4 is 5.91 Å². The number of aryl methyl sites for hydroxylation is 2. The van der Waals surface area contributed by atoms with Crippen LogP contribution < -0.4 is 10.1 Å². The maximum atomic E-state index is 12.8. The zero-order chi connectivity index (χ0) is 20.9. The molecule has 30 heavy (non-hydrogen) atoms. The Hall–Kier alpha value is -3.08. The van der Waals surface area contributed by atoms with Gasteiger partial charge in [-0.15, -0.1) is 0 Å². The summed E-state index contributed by atoms with van der Waals surface area (Å²) in [7, 11) is 0. The first-order valence-electron chi connectivity index (χ1n) is 10.7. The second-order valence-corrected chi connectivity index (χ2v) is 8.10. The van der Waals surface area contributed by atoms with Gasteiger partial charge in [-0.05, 0) is 69.4 Å². The third-order valence-electron chi connectivity index (χ3n) is 5.63. The highest BCUT2D eigenvalue weighted by Crippen LogP contribution is 2.26. The van der Waals surface area contributed by atoms with Crippen molar-refractivity contribution in [1.82, 2.24) is 15.1 Å². The van der Waals surface area contributed by atoms with Gasteiger partial charge in [-0.2, -0.15) is 5.10 Å². The summed E-state index contributed by atoms with van der Waals surface area (Å²) in [6, 6.07) is 17.8. The van der Waals surface area contributed by atoms with Gasteiger partial charge in [0.2, 0.25) is 0 Å². The summed E-state index contributed by atoms with van der Waals surface area (Å²) >= 11 is 0. The summed E-state index contributed by atoms with van der Waals surface area (Å²) in [5, 5.41) is 7.56. The second-order valence-electron chi connectivity index (χ2n) is 8.10. The molecule has 4 rings (SSSR count). The van der Waals surface area contributed by atoms with Crippen LogP contribution in [0.2, 0.25) is 0 Å². The Morgan fingerprint density at radius 2 is 1.90 bits per heavy atom. The zero-order valence-corrected chi connectivity index (χ0v) is 17.7. The molecule has 1 amide bonds. The number of aromatic nitrogens is 2. The smallest absolute Gasteiger partial charge is 0.251 e. The number of hydrogen-bond acceptors (Lipinski definition) is 3. The van der Waals surface area contributed by atoms with Gasteiger partial charge in [0.1, 0.15) is 5.75 Å². The molecule has 5 nitrogen and oxygen atoms in total. The highest BCUT2D eigenvalue weighted by atomic mass is 16.5. The minimum atomic E-state index is -0.0825. The van der Waals surface area contributed by atoms with Gasteiger partial charge in [0.15, 0.2) is 0 Å². The number of nitrogens with one attached hydrogen (secondary N) is 1. The summed E-state index contributed by atoms with van der Waals surface area (Å²) in [4.78, 5) is 12.8. The molecular weight excluding hydrogens is 374 g/mol. The standard InChI is InChI=1S/C25H29N3O2/c1-18-14-19(2)28(27-18)17-20-8-7-10-21(15-20)25(29)26-16-22-9-3-6-13-24(22)30-23-11-4-5-12-23/h3,6-10,13-15,23H,4-5,11-12,16-17H2,1-2H3,(H,26,29). The third kappa shape index (κ3) is 4.90. The lowest BCUT2D eigenvalue weighted by molar-refractivity contribution is 0.0950. The molecule has 1 saturated carbocycles. The highest BCUT2D eigenvalue weighted by molar-refractivity contribution is 5.94. The van der Waals surface area contributed by atoms with Crippen molar-refractivity contribution in [3.05, 3.63) is 82.7 Å². The van der Waals surface area contributed by atoms with E-state index in [0.717, 1.165) is 41.1 Å². The maximum absolute atomic E-state index is 12.8. The average Bonchev–Trinajstić information content (AvgIpc) is 3.36. The molecular formula is C25H29N3O2. The number of ether oxygens (including phenoxy) is 1. The molecule has 0 spiro atoms. The first kappa shape index (κ1) is 20.2. The fraction of sp³-hybridized carbons (Fsp3) is 0.360. The number of benzene rings is 2. The molecule has 3 aromatic rings. The van der Waals surface area contributed by atoms with Crippen molar-refractivity contribution in [1.29, 1.82) is 0 Å². The Bertz CT molecular complexity index is 1020. The summed E-state index contributed by atoms with van der Waals surface area (Å²) < 4.78 is 8.14. The Morgan fingerprint density at radius 1 is 1.10 bits per heavy atom. The van der Waals surface area contributed by atoms with Crippen molar-refractivity contribution in [3.63, 3.8) is 0 Å². The van der Waals surface area contributed by atoms with Crippen LogP contribution in [-0.2, 0) is 13.1 Å². The molecule has 0 bridgehead atoms.